The molecular weight excluding hydrogens is 220 g/mol. The third kappa shape index (κ3) is 2.69. The number of hydrogen-bond acceptors (Lipinski definition) is 2. The Morgan fingerprint density at radius 2 is 1.94 bits per heavy atom. The van der Waals surface area contributed by atoms with E-state index in [0.29, 0.717) is 6.04 Å². The summed E-state index contributed by atoms with van der Waals surface area (Å²) in [5.41, 5.74) is 2.84. The van der Waals surface area contributed by atoms with Gasteiger partial charge in [0.15, 0.2) is 0 Å². The lowest BCUT2D eigenvalue weighted by molar-refractivity contribution is 0.422. The van der Waals surface area contributed by atoms with Crippen LogP contribution in [0.3, 0.4) is 0 Å². The van der Waals surface area contributed by atoms with Gasteiger partial charge in [-0.1, -0.05) is 32.0 Å². The van der Waals surface area contributed by atoms with Crippen LogP contribution >= 0.6 is 0 Å². The topological polar surface area (TPSA) is 15.3 Å². The van der Waals surface area contributed by atoms with Crippen LogP contribution in [0.4, 0.5) is 5.69 Å². The molecule has 1 heterocycles. The predicted octanol–water partition coefficient (Wildman–Crippen LogP) is 3.45. The number of hydrogen-bond donors (Lipinski definition) is 1. The number of para-hydroxylation sites is 1. The number of rotatable bonds is 4. The van der Waals surface area contributed by atoms with Crippen LogP contribution in [-0.2, 0) is 0 Å². The van der Waals surface area contributed by atoms with Gasteiger partial charge in [0.05, 0.1) is 0 Å². The smallest absolute Gasteiger partial charge is 0.0414 e. The Labute approximate surface area is 111 Å². The largest absolute Gasteiger partial charge is 0.371 e. The molecule has 1 fully saturated rings. The summed E-state index contributed by atoms with van der Waals surface area (Å²) in [6, 6.07) is 9.23. The monoisotopic (exact) mass is 246 g/mol. The number of benzene rings is 1. The third-order valence-corrected chi connectivity index (χ3v) is 4.34. The molecule has 1 saturated heterocycles. The first-order valence-electron chi connectivity index (χ1n) is 7.14. The Kier molecular flexibility index (Phi) is 4.28. The first-order valence-corrected chi connectivity index (χ1v) is 7.14. The molecule has 1 aromatic rings. The summed E-state index contributed by atoms with van der Waals surface area (Å²) in [4.78, 5) is 2.56. The van der Waals surface area contributed by atoms with Crippen molar-refractivity contribution in [2.45, 2.75) is 33.2 Å². The molecule has 1 aliphatic heterocycles. The van der Waals surface area contributed by atoms with Crippen LogP contribution in [0.1, 0.15) is 38.8 Å². The zero-order valence-corrected chi connectivity index (χ0v) is 12.1. The molecule has 18 heavy (non-hydrogen) atoms. The first kappa shape index (κ1) is 13.4. The summed E-state index contributed by atoms with van der Waals surface area (Å²) in [5, 5.41) is 3.35. The lowest BCUT2D eigenvalue weighted by Crippen LogP contribution is -2.24. The highest BCUT2D eigenvalue weighted by atomic mass is 15.2. The molecule has 0 amide bonds. The molecule has 2 rings (SSSR count). The van der Waals surface area contributed by atoms with Crippen molar-refractivity contribution in [2.75, 3.05) is 25.0 Å². The maximum Gasteiger partial charge on any atom is 0.0414 e. The Bertz CT molecular complexity index is 386. The van der Waals surface area contributed by atoms with Gasteiger partial charge in [0, 0.05) is 24.8 Å². The summed E-state index contributed by atoms with van der Waals surface area (Å²) >= 11 is 0. The maximum absolute atomic E-state index is 3.35. The van der Waals surface area contributed by atoms with Crippen LogP contribution in [-0.4, -0.2) is 20.1 Å². The van der Waals surface area contributed by atoms with E-state index >= 15 is 0 Å². The van der Waals surface area contributed by atoms with Crippen LogP contribution in [0, 0.1) is 11.8 Å². The standard InChI is InChI=1S/C16H26N2/c1-12(2)14-9-10-18(11-14)16-8-6-5-7-15(16)13(3)17-4/h5-8,12-14,17H,9-11H2,1-4H3. The minimum absolute atomic E-state index is 0.416. The van der Waals surface area contributed by atoms with Gasteiger partial charge in [-0.05, 0) is 43.9 Å². The van der Waals surface area contributed by atoms with Crippen molar-refractivity contribution in [3.63, 3.8) is 0 Å². The van der Waals surface area contributed by atoms with Gasteiger partial charge in [0.1, 0.15) is 0 Å². The SMILES string of the molecule is CNC(C)c1ccccc1N1CCC(C(C)C)C1. The molecule has 0 aromatic heterocycles. The van der Waals surface area contributed by atoms with Crippen molar-refractivity contribution < 1.29 is 0 Å². The first-order chi connectivity index (χ1) is 8.63. The highest BCUT2D eigenvalue weighted by Crippen LogP contribution is 2.32. The van der Waals surface area contributed by atoms with E-state index in [1.165, 1.54) is 30.8 Å². The fourth-order valence-electron chi connectivity index (χ4n) is 2.85. The number of nitrogens with zero attached hydrogens (tertiary/aromatic N) is 1. The molecule has 2 nitrogen and oxygen atoms in total. The van der Waals surface area contributed by atoms with Crippen molar-refractivity contribution in [3.05, 3.63) is 29.8 Å². The van der Waals surface area contributed by atoms with Crippen molar-refractivity contribution in [1.29, 1.82) is 0 Å². The minimum atomic E-state index is 0.416. The van der Waals surface area contributed by atoms with Gasteiger partial charge < -0.3 is 10.2 Å². The van der Waals surface area contributed by atoms with E-state index in [0.717, 1.165) is 11.8 Å². The van der Waals surface area contributed by atoms with Gasteiger partial charge in [-0.3, -0.25) is 0 Å². The zero-order chi connectivity index (χ0) is 13.1. The van der Waals surface area contributed by atoms with E-state index in [2.05, 4.69) is 55.3 Å². The lowest BCUT2D eigenvalue weighted by atomic mass is 9.95. The van der Waals surface area contributed by atoms with Gasteiger partial charge in [-0.15, -0.1) is 0 Å². The summed E-state index contributed by atoms with van der Waals surface area (Å²) in [6.07, 6.45) is 1.33. The highest BCUT2D eigenvalue weighted by Gasteiger charge is 2.26. The van der Waals surface area contributed by atoms with E-state index in [4.69, 9.17) is 0 Å². The summed E-state index contributed by atoms with van der Waals surface area (Å²) in [7, 11) is 2.03. The van der Waals surface area contributed by atoms with Crippen LogP contribution in [0.5, 0.6) is 0 Å². The second kappa shape index (κ2) is 5.75. The number of nitrogens with one attached hydrogen (secondary N) is 1. The van der Waals surface area contributed by atoms with Crippen LogP contribution < -0.4 is 10.2 Å². The van der Waals surface area contributed by atoms with E-state index < -0.39 is 0 Å². The quantitative estimate of drug-likeness (QED) is 0.875. The molecular formula is C16H26N2. The summed E-state index contributed by atoms with van der Waals surface area (Å²) < 4.78 is 0. The van der Waals surface area contributed by atoms with Gasteiger partial charge in [-0.2, -0.15) is 0 Å². The molecule has 0 aliphatic carbocycles. The average molecular weight is 246 g/mol. The number of anilines is 1. The fraction of sp³-hybridized carbons (Fsp3) is 0.625. The summed E-state index contributed by atoms with van der Waals surface area (Å²) in [5.74, 6) is 1.65. The minimum Gasteiger partial charge on any atom is -0.371 e. The van der Waals surface area contributed by atoms with Crippen molar-refractivity contribution in [1.82, 2.24) is 5.32 Å². The highest BCUT2D eigenvalue weighted by molar-refractivity contribution is 5.55. The van der Waals surface area contributed by atoms with Gasteiger partial charge >= 0.3 is 0 Å². The summed E-state index contributed by atoms with van der Waals surface area (Å²) in [6.45, 7) is 9.34. The molecule has 1 aliphatic rings. The van der Waals surface area contributed by atoms with Gasteiger partial charge in [0.2, 0.25) is 0 Å². The second-order valence-corrected chi connectivity index (χ2v) is 5.81. The Hall–Kier alpha value is -1.02. The Balaban J connectivity index is 2.19. The molecule has 0 bridgehead atoms. The second-order valence-electron chi connectivity index (χ2n) is 5.81. The maximum atomic E-state index is 3.35. The van der Waals surface area contributed by atoms with Crippen LogP contribution in [0.25, 0.3) is 0 Å². The van der Waals surface area contributed by atoms with Gasteiger partial charge in [0.25, 0.3) is 0 Å². The Morgan fingerprint density at radius 1 is 1.22 bits per heavy atom. The van der Waals surface area contributed by atoms with E-state index in [-0.39, 0.29) is 0 Å². The lowest BCUT2D eigenvalue weighted by Gasteiger charge is -2.25. The van der Waals surface area contributed by atoms with E-state index in [1.807, 2.05) is 7.05 Å². The zero-order valence-electron chi connectivity index (χ0n) is 12.1. The molecule has 0 spiro atoms. The van der Waals surface area contributed by atoms with E-state index in [1.54, 1.807) is 0 Å². The van der Waals surface area contributed by atoms with Crippen molar-refractivity contribution >= 4 is 5.69 Å². The predicted molar refractivity (Wildman–Crippen MR) is 79.1 cm³/mol. The molecule has 1 N–H and O–H groups in total. The van der Waals surface area contributed by atoms with Crippen LogP contribution in [0.2, 0.25) is 0 Å². The molecule has 2 atom stereocenters. The third-order valence-electron chi connectivity index (χ3n) is 4.34. The van der Waals surface area contributed by atoms with E-state index in [9.17, 15) is 0 Å². The van der Waals surface area contributed by atoms with Crippen molar-refractivity contribution in [2.24, 2.45) is 11.8 Å². The molecule has 2 unspecified atom stereocenters. The molecule has 0 saturated carbocycles. The molecule has 100 valence electrons. The molecule has 1 aromatic carbocycles. The Morgan fingerprint density at radius 3 is 2.56 bits per heavy atom. The average Bonchev–Trinajstić information content (AvgIpc) is 2.87. The van der Waals surface area contributed by atoms with Crippen molar-refractivity contribution in [3.8, 4) is 0 Å². The molecule has 2 heteroatoms. The molecule has 0 radical (unpaired) electrons. The normalized spacial score (nSPS) is 21.6. The van der Waals surface area contributed by atoms with Gasteiger partial charge in [-0.25, -0.2) is 0 Å². The van der Waals surface area contributed by atoms with Crippen LogP contribution in [0.15, 0.2) is 24.3 Å². The fourth-order valence-corrected chi connectivity index (χ4v) is 2.85.